The van der Waals surface area contributed by atoms with Crippen LogP contribution in [-0.4, -0.2) is 19.7 Å². The van der Waals surface area contributed by atoms with E-state index < -0.39 is 13.1 Å². The van der Waals surface area contributed by atoms with Gasteiger partial charge in [-0.15, -0.1) is 0 Å². The van der Waals surface area contributed by atoms with Gasteiger partial charge in [0.1, 0.15) is 0 Å². The quantitative estimate of drug-likeness (QED) is 0.793. The fourth-order valence-corrected chi connectivity index (χ4v) is 2.66. The monoisotopic (exact) mass is 264 g/mol. The number of rotatable bonds is 4. The molecule has 0 heterocycles. The van der Waals surface area contributed by atoms with E-state index in [-0.39, 0.29) is 0 Å². The van der Waals surface area contributed by atoms with Crippen molar-refractivity contribution in [1.82, 2.24) is 0 Å². The summed E-state index contributed by atoms with van der Waals surface area (Å²) in [5, 5.41) is 1.92. The molecule has 0 saturated carbocycles. The number of benzene rings is 2. The zero-order valence-electron chi connectivity index (χ0n) is 10.1. The van der Waals surface area contributed by atoms with Crippen LogP contribution in [0.15, 0.2) is 42.5 Å². The van der Waals surface area contributed by atoms with Gasteiger partial charge in [0, 0.05) is 19.8 Å². The Kier molecular flexibility index (Phi) is 3.62. The highest BCUT2D eigenvalue weighted by Crippen LogP contribution is 2.49. The Morgan fingerprint density at radius 3 is 2.22 bits per heavy atom. The molecule has 0 radical (unpaired) electrons. The Morgan fingerprint density at radius 1 is 1.00 bits per heavy atom. The Balaban J connectivity index is 2.49. The van der Waals surface area contributed by atoms with Crippen molar-refractivity contribution >= 4 is 23.9 Å². The minimum absolute atomic E-state index is 0.320. The van der Waals surface area contributed by atoms with Crippen LogP contribution < -0.4 is 0 Å². The average Bonchev–Trinajstić information content (AvgIpc) is 2.45. The summed E-state index contributed by atoms with van der Waals surface area (Å²) in [6.07, 6.45) is 0. The Hall–Kier alpha value is -1.48. The molecular formula is C13H13O4P. The van der Waals surface area contributed by atoms with Gasteiger partial charge >= 0.3 is 7.60 Å². The summed E-state index contributed by atoms with van der Waals surface area (Å²) in [6, 6.07) is 12.7. The van der Waals surface area contributed by atoms with Gasteiger partial charge < -0.3 is 9.05 Å². The van der Waals surface area contributed by atoms with Crippen molar-refractivity contribution in [2.45, 2.75) is 0 Å². The third-order valence-electron chi connectivity index (χ3n) is 2.73. The van der Waals surface area contributed by atoms with Crippen LogP contribution in [0.3, 0.4) is 0 Å². The number of hydrogen-bond acceptors (Lipinski definition) is 4. The Bertz CT molecular complexity index is 628. The molecule has 0 amide bonds. The zero-order valence-corrected chi connectivity index (χ0v) is 11.0. The maximum Gasteiger partial charge on any atom is 0.401 e. The van der Waals surface area contributed by atoms with Crippen LogP contribution in [0, 0.1) is 0 Å². The molecule has 0 aliphatic rings. The van der Waals surface area contributed by atoms with Crippen LogP contribution in [0.1, 0.15) is 10.4 Å². The summed E-state index contributed by atoms with van der Waals surface area (Å²) >= 11 is 0. The van der Waals surface area contributed by atoms with Gasteiger partial charge in [-0.3, -0.25) is 9.36 Å². The Labute approximate surface area is 105 Å². The smallest absolute Gasteiger partial charge is 0.306 e. The second kappa shape index (κ2) is 5.02. The molecule has 0 fully saturated rings. The molecule has 0 unspecified atom stereocenters. The molecule has 2 rings (SSSR count). The largest absolute Gasteiger partial charge is 0.401 e. The van der Waals surface area contributed by atoms with Crippen molar-refractivity contribution in [3.05, 3.63) is 48.0 Å². The molecule has 0 aromatic heterocycles. The number of fused-ring (bicyclic) bond motifs is 1. The molecule has 2 aromatic rings. The van der Waals surface area contributed by atoms with Gasteiger partial charge in [0.2, 0.25) is 0 Å². The molecule has 5 heteroatoms. The van der Waals surface area contributed by atoms with Gasteiger partial charge in [0.15, 0.2) is 0 Å². The molecule has 0 saturated heterocycles. The van der Waals surface area contributed by atoms with E-state index in [0.717, 1.165) is 10.8 Å². The van der Waals surface area contributed by atoms with Crippen molar-refractivity contribution in [2.24, 2.45) is 0 Å². The summed E-state index contributed by atoms with van der Waals surface area (Å²) in [4.78, 5) is 12.1. The lowest BCUT2D eigenvalue weighted by molar-refractivity contribution is 0.102. The van der Waals surface area contributed by atoms with Crippen molar-refractivity contribution in [3.63, 3.8) is 0 Å². The van der Waals surface area contributed by atoms with Gasteiger partial charge in [-0.1, -0.05) is 36.4 Å². The maximum absolute atomic E-state index is 12.1. The minimum atomic E-state index is -3.71. The fourth-order valence-electron chi connectivity index (χ4n) is 1.72. The normalized spacial score (nSPS) is 11.7. The van der Waals surface area contributed by atoms with Crippen molar-refractivity contribution in [3.8, 4) is 0 Å². The molecule has 4 nitrogen and oxygen atoms in total. The van der Waals surface area contributed by atoms with E-state index >= 15 is 0 Å². The predicted molar refractivity (Wildman–Crippen MR) is 69.9 cm³/mol. The van der Waals surface area contributed by atoms with Crippen molar-refractivity contribution in [1.29, 1.82) is 0 Å². The van der Waals surface area contributed by atoms with E-state index in [4.69, 9.17) is 9.05 Å². The average molecular weight is 264 g/mol. The molecular weight excluding hydrogens is 251 g/mol. The molecule has 0 aliphatic heterocycles. The van der Waals surface area contributed by atoms with E-state index in [1.165, 1.54) is 14.2 Å². The summed E-state index contributed by atoms with van der Waals surface area (Å²) < 4.78 is 21.4. The lowest BCUT2D eigenvalue weighted by Crippen LogP contribution is -2.04. The molecule has 18 heavy (non-hydrogen) atoms. The second-order valence-electron chi connectivity index (χ2n) is 3.73. The lowest BCUT2D eigenvalue weighted by atomic mass is 10.1. The molecule has 94 valence electrons. The topological polar surface area (TPSA) is 52.6 Å². The van der Waals surface area contributed by atoms with Crippen LogP contribution in [0.25, 0.3) is 10.8 Å². The third kappa shape index (κ3) is 2.23. The maximum atomic E-state index is 12.1. The molecule has 0 aliphatic carbocycles. The SMILES string of the molecule is COP(=O)(OC)C(=O)c1ccc2ccccc2c1. The van der Waals surface area contributed by atoms with E-state index in [9.17, 15) is 9.36 Å². The predicted octanol–water partition coefficient (Wildman–Crippen LogP) is 3.47. The molecule has 2 aromatic carbocycles. The highest BCUT2D eigenvalue weighted by Gasteiger charge is 2.33. The first-order chi connectivity index (χ1) is 8.60. The van der Waals surface area contributed by atoms with E-state index in [1.807, 2.05) is 24.3 Å². The number of hydrogen-bond donors (Lipinski definition) is 0. The fraction of sp³-hybridized carbons (Fsp3) is 0.154. The van der Waals surface area contributed by atoms with E-state index in [2.05, 4.69) is 0 Å². The zero-order chi connectivity index (χ0) is 13.2. The first-order valence-electron chi connectivity index (χ1n) is 5.36. The highest BCUT2D eigenvalue weighted by atomic mass is 31.2. The first-order valence-corrected chi connectivity index (χ1v) is 6.90. The molecule has 0 spiro atoms. The minimum Gasteiger partial charge on any atom is -0.306 e. The molecule has 0 atom stereocenters. The second-order valence-corrected chi connectivity index (χ2v) is 5.86. The van der Waals surface area contributed by atoms with Gasteiger partial charge in [-0.05, 0) is 16.8 Å². The van der Waals surface area contributed by atoms with Crippen LogP contribution in [0.5, 0.6) is 0 Å². The summed E-state index contributed by atoms with van der Waals surface area (Å²) in [5.41, 5.74) is -0.306. The summed E-state index contributed by atoms with van der Waals surface area (Å²) in [5.74, 6) is 0. The van der Waals surface area contributed by atoms with Gasteiger partial charge in [0.05, 0.1) is 0 Å². The van der Waals surface area contributed by atoms with Gasteiger partial charge in [-0.25, -0.2) is 0 Å². The number of carbonyl (C=O) groups is 1. The molecule has 0 N–H and O–H groups in total. The number of carbonyl (C=O) groups excluding carboxylic acids is 1. The standard InChI is InChI=1S/C13H13O4P/c1-16-18(15,17-2)13(14)12-8-7-10-5-3-4-6-11(10)9-12/h3-9H,1-2H3. The third-order valence-corrected chi connectivity index (χ3v) is 4.44. The first kappa shape index (κ1) is 13.0. The summed E-state index contributed by atoms with van der Waals surface area (Å²) in [7, 11) is -1.32. The molecule has 0 bridgehead atoms. The highest BCUT2D eigenvalue weighted by molar-refractivity contribution is 7.72. The summed E-state index contributed by atoms with van der Waals surface area (Å²) in [6.45, 7) is 0. The van der Waals surface area contributed by atoms with Gasteiger partial charge in [-0.2, -0.15) is 0 Å². The van der Waals surface area contributed by atoms with Crippen LogP contribution in [0.4, 0.5) is 0 Å². The van der Waals surface area contributed by atoms with E-state index in [1.54, 1.807) is 18.2 Å². The van der Waals surface area contributed by atoms with Crippen LogP contribution in [0.2, 0.25) is 0 Å². The van der Waals surface area contributed by atoms with Crippen molar-refractivity contribution in [2.75, 3.05) is 14.2 Å². The lowest BCUT2D eigenvalue weighted by Gasteiger charge is -2.12. The van der Waals surface area contributed by atoms with Crippen molar-refractivity contribution < 1.29 is 18.4 Å². The van der Waals surface area contributed by atoms with E-state index in [0.29, 0.717) is 5.56 Å². The van der Waals surface area contributed by atoms with Crippen LogP contribution >= 0.6 is 7.60 Å². The van der Waals surface area contributed by atoms with Crippen LogP contribution in [-0.2, 0) is 13.6 Å². The Morgan fingerprint density at radius 2 is 1.61 bits per heavy atom. The van der Waals surface area contributed by atoms with Gasteiger partial charge in [0.25, 0.3) is 5.52 Å².